The van der Waals surface area contributed by atoms with Gasteiger partial charge in [-0.15, -0.1) is 0 Å². The quantitative estimate of drug-likeness (QED) is 0.133. The lowest BCUT2D eigenvalue weighted by atomic mass is 10.0. The van der Waals surface area contributed by atoms with Gasteiger partial charge in [-0.3, -0.25) is 0 Å². The predicted octanol–water partition coefficient (Wildman–Crippen LogP) is 8.01. The largest absolute Gasteiger partial charge is 0.248 e. The molecule has 6 aromatic rings. The Morgan fingerprint density at radius 2 is 0.720 bits per heavy atom. The van der Waals surface area contributed by atoms with Crippen LogP contribution in [0.25, 0.3) is 22.3 Å². The summed E-state index contributed by atoms with van der Waals surface area (Å²) in [6.07, 6.45) is 8.67. The normalized spacial score (nSPS) is 15.9. The maximum absolute atomic E-state index is 5.43. The topological polar surface area (TPSA) is 37.8 Å². The van der Waals surface area contributed by atoms with Crippen molar-refractivity contribution in [3.8, 4) is 0 Å². The average Bonchev–Trinajstić information content (AvgIpc) is 3.99. The molecule has 0 amide bonds. The van der Waals surface area contributed by atoms with Crippen molar-refractivity contribution < 1.29 is 0 Å². The average molecular weight is 754 g/mol. The number of aliphatic imine (C=N–C) groups is 2. The highest BCUT2D eigenvalue weighted by Crippen LogP contribution is 2.39. The fraction of sp³-hybridized carbons (Fsp3) is 0. The van der Waals surface area contributed by atoms with Gasteiger partial charge in [0.2, 0.25) is 0 Å². The Hall–Kier alpha value is -5.99. The highest BCUT2D eigenvalue weighted by molar-refractivity contribution is 14.1. The number of halogens is 1. The number of hydrogen-bond acceptors (Lipinski definition) is 3. The molecule has 4 aliphatic heterocycles. The first kappa shape index (κ1) is 29.0. The van der Waals surface area contributed by atoms with Gasteiger partial charge in [0.25, 0.3) is 0 Å². The highest BCUT2D eigenvalue weighted by Gasteiger charge is 2.31. The lowest BCUT2D eigenvalue weighted by Crippen LogP contribution is -2.47. The molecule has 0 N–H and O–H groups in total. The van der Waals surface area contributed by atoms with E-state index in [4.69, 9.17) is 9.98 Å². The van der Waals surface area contributed by atoms with Crippen LogP contribution in [0.15, 0.2) is 191 Å². The highest BCUT2D eigenvalue weighted by atomic mass is 127. The molecule has 0 atom stereocenters. The third kappa shape index (κ3) is 4.45. The second-order valence-electron chi connectivity index (χ2n) is 12.5. The van der Waals surface area contributed by atoms with Gasteiger partial charge in [0, 0.05) is 22.3 Å². The van der Waals surface area contributed by atoms with E-state index in [1.54, 1.807) is 0 Å². The number of hydrogen-bond donors (Lipinski definition) is 0. The number of aromatic nitrogens is 2. The SMILES string of the molecule is IN1n2c3ccc2C(c2ccccc2)=C2C=CC(=N2)C(c2ccccc2)=c2ccc(n21)=C(c1ccccc1)C1=NC(=C3c2ccccc2)C=C1. The number of benzene rings is 4. The van der Waals surface area contributed by atoms with Gasteiger partial charge in [0.1, 0.15) is 22.9 Å². The zero-order valence-corrected chi connectivity index (χ0v) is 28.9. The van der Waals surface area contributed by atoms with Crippen LogP contribution in [0, 0.1) is 0 Å². The Labute approximate surface area is 303 Å². The molecule has 4 aliphatic rings. The molecule has 4 aromatic carbocycles. The van der Waals surface area contributed by atoms with Crippen LogP contribution in [-0.4, -0.2) is 20.8 Å². The first-order chi connectivity index (χ1) is 24.7. The summed E-state index contributed by atoms with van der Waals surface area (Å²) in [4.78, 5) is 10.9. The van der Waals surface area contributed by atoms with Crippen molar-refractivity contribution in [2.45, 2.75) is 0 Å². The van der Waals surface area contributed by atoms with Crippen molar-refractivity contribution >= 4 is 56.6 Å². The summed E-state index contributed by atoms with van der Waals surface area (Å²) in [5.41, 5.74) is 14.4. The fourth-order valence-electron chi connectivity index (χ4n) is 7.47. The zero-order chi connectivity index (χ0) is 33.2. The summed E-state index contributed by atoms with van der Waals surface area (Å²) in [6.45, 7) is 0. The summed E-state index contributed by atoms with van der Waals surface area (Å²) in [6, 6.07) is 51.4. The fourth-order valence-corrected chi connectivity index (χ4v) is 8.40. The van der Waals surface area contributed by atoms with E-state index in [9.17, 15) is 0 Å². The molecular weight excluding hydrogens is 725 g/mol. The third-order valence-corrected chi connectivity index (χ3v) is 10.5. The molecule has 6 bridgehead atoms. The van der Waals surface area contributed by atoms with E-state index in [1.807, 2.05) is 0 Å². The minimum absolute atomic E-state index is 0.925. The summed E-state index contributed by atoms with van der Waals surface area (Å²) in [5, 5.41) is 2.06. The van der Waals surface area contributed by atoms with E-state index in [2.05, 4.69) is 205 Å². The number of rotatable bonds is 4. The van der Waals surface area contributed by atoms with Crippen LogP contribution in [-0.2, 0) is 0 Å². The van der Waals surface area contributed by atoms with Crippen molar-refractivity contribution in [1.29, 1.82) is 0 Å². The molecule has 0 spiro atoms. The van der Waals surface area contributed by atoms with Crippen molar-refractivity contribution in [3.05, 3.63) is 226 Å². The second-order valence-corrected chi connectivity index (χ2v) is 13.3. The number of fused-ring (bicyclic) bond motifs is 2. The van der Waals surface area contributed by atoms with Gasteiger partial charge in [-0.25, -0.2) is 19.3 Å². The van der Waals surface area contributed by atoms with Crippen LogP contribution < -0.4 is 14.0 Å². The molecule has 0 fully saturated rings. The minimum Gasteiger partial charge on any atom is -0.248 e. The lowest BCUT2D eigenvalue weighted by Gasteiger charge is -2.29. The van der Waals surface area contributed by atoms with Crippen LogP contribution in [0.1, 0.15) is 33.6 Å². The summed E-state index contributed by atoms with van der Waals surface area (Å²) in [7, 11) is 0. The van der Waals surface area contributed by atoms with Gasteiger partial charge in [0.15, 0.2) is 0 Å². The standard InChI is InChI=1S/C44H28IN5/c45-50-48-37-25-26-38(48)43(31-17-9-3-10-18-31)35-23-24-36(47-35)44(32-19-11-4-12-20-32)40-28-27-39(49(40)50)42(30-15-7-2-8-16-30)34-22-21-33(46-34)41(37)29-13-5-1-6-14-29/h1-28H. The predicted molar refractivity (Wildman–Crippen MR) is 212 cm³/mol. The van der Waals surface area contributed by atoms with E-state index in [1.165, 1.54) is 0 Å². The van der Waals surface area contributed by atoms with Crippen LogP contribution in [0.5, 0.6) is 0 Å². The van der Waals surface area contributed by atoms with Gasteiger partial charge in [-0.05, 0) is 70.8 Å². The van der Waals surface area contributed by atoms with E-state index in [0.29, 0.717) is 0 Å². The van der Waals surface area contributed by atoms with Crippen LogP contribution >= 0.6 is 22.9 Å². The van der Waals surface area contributed by atoms with Crippen molar-refractivity contribution in [1.82, 2.24) is 9.35 Å². The molecule has 5 nitrogen and oxygen atoms in total. The minimum atomic E-state index is 0.925. The smallest absolute Gasteiger partial charge is 0.107 e. The monoisotopic (exact) mass is 753 g/mol. The molecule has 0 saturated carbocycles. The Morgan fingerprint density at radius 1 is 0.360 bits per heavy atom. The van der Waals surface area contributed by atoms with E-state index in [-0.39, 0.29) is 0 Å². The second kappa shape index (κ2) is 11.6. The maximum atomic E-state index is 5.43. The van der Waals surface area contributed by atoms with E-state index >= 15 is 0 Å². The lowest BCUT2D eigenvalue weighted by molar-refractivity contribution is 0.649. The molecule has 0 unspecified atom stereocenters. The molecule has 0 saturated heterocycles. The Morgan fingerprint density at radius 3 is 1.10 bits per heavy atom. The maximum Gasteiger partial charge on any atom is 0.107 e. The van der Waals surface area contributed by atoms with Gasteiger partial charge in [-0.1, -0.05) is 121 Å². The van der Waals surface area contributed by atoms with Crippen molar-refractivity contribution in [2.75, 3.05) is 3.33 Å². The Balaban J connectivity index is 1.45. The van der Waals surface area contributed by atoms with E-state index in [0.717, 1.165) is 89.4 Å². The van der Waals surface area contributed by atoms with Crippen molar-refractivity contribution in [3.63, 3.8) is 0 Å². The summed E-state index contributed by atoms with van der Waals surface area (Å²) >= 11 is 2.50. The first-order valence-electron chi connectivity index (χ1n) is 16.6. The third-order valence-electron chi connectivity index (χ3n) is 9.62. The molecule has 6 heteroatoms. The van der Waals surface area contributed by atoms with Crippen LogP contribution in [0.3, 0.4) is 0 Å². The number of nitrogens with zero attached hydrogens (tertiary/aromatic N) is 5. The summed E-state index contributed by atoms with van der Waals surface area (Å²) in [5.74, 6) is 0. The van der Waals surface area contributed by atoms with E-state index < -0.39 is 0 Å². The molecular formula is C44H28IN5. The molecule has 0 aliphatic carbocycles. The first-order valence-corrected chi connectivity index (χ1v) is 17.6. The number of allylic oxidation sites excluding steroid dienone is 4. The van der Waals surface area contributed by atoms with Crippen LogP contribution in [0.2, 0.25) is 0 Å². The van der Waals surface area contributed by atoms with Gasteiger partial charge in [-0.2, -0.15) is 3.33 Å². The molecule has 2 aromatic heterocycles. The molecule has 236 valence electrons. The van der Waals surface area contributed by atoms with Gasteiger partial charge < -0.3 is 0 Å². The molecule has 50 heavy (non-hydrogen) atoms. The molecule has 6 heterocycles. The van der Waals surface area contributed by atoms with Gasteiger partial charge >= 0.3 is 0 Å². The Kier molecular flexibility index (Phi) is 6.70. The van der Waals surface area contributed by atoms with Crippen molar-refractivity contribution in [2.24, 2.45) is 9.98 Å². The Bertz CT molecular complexity index is 2490. The zero-order valence-electron chi connectivity index (χ0n) is 26.8. The molecule has 10 rings (SSSR count). The van der Waals surface area contributed by atoms with Crippen LogP contribution in [0.4, 0.5) is 0 Å². The van der Waals surface area contributed by atoms with Gasteiger partial charge in [0.05, 0.1) is 44.9 Å². The molecule has 0 radical (unpaired) electrons. The summed E-state index contributed by atoms with van der Waals surface area (Å²) < 4.78 is 6.92.